The summed E-state index contributed by atoms with van der Waals surface area (Å²) in [6, 6.07) is 10.2. The minimum Gasteiger partial charge on any atom is -0.370 e. The predicted octanol–water partition coefficient (Wildman–Crippen LogP) is 3.39. The van der Waals surface area contributed by atoms with Gasteiger partial charge in [-0.1, -0.05) is 44.2 Å². The topological polar surface area (TPSA) is 26.3 Å². The highest BCUT2D eigenvalue weighted by molar-refractivity contribution is 5.82. The van der Waals surface area contributed by atoms with Gasteiger partial charge in [0.1, 0.15) is 6.10 Å². The second-order valence-electron chi connectivity index (χ2n) is 4.20. The van der Waals surface area contributed by atoms with E-state index in [1.54, 1.807) is 0 Å². The van der Waals surface area contributed by atoms with E-state index in [0.717, 1.165) is 19.3 Å². The van der Waals surface area contributed by atoms with Crippen LogP contribution in [0.25, 0.3) is 0 Å². The van der Waals surface area contributed by atoms with Gasteiger partial charge in [-0.25, -0.2) is 0 Å². The van der Waals surface area contributed by atoms with Gasteiger partial charge in [0.15, 0.2) is 5.78 Å². The highest BCUT2D eigenvalue weighted by Crippen LogP contribution is 2.10. The van der Waals surface area contributed by atoms with E-state index in [1.165, 1.54) is 5.56 Å². The van der Waals surface area contributed by atoms with E-state index in [2.05, 4.69) is 19.1 Å². The molecule has 2 heteroatoms. The maximum Gasteiger partial charge on any atom is 0.161 e. The number of Topliss-reactive ketones (excluding diaryl/α,β-unsaturated/α-hetero) is 1. The molecule has 17 heavy (non-hydrogen) atoms. The van der Waals surface area contributed by atoms with Gasteiger partial charge in [0.2, 0.25) is 0 Å². The van der Waals surface area contributed by atoms with Crippen molar-refractivity contribution in [2.24, 2.45) is 0 Å². The third-order valence-electron chi connectivity index (χ3n) is 2.77. The van der Waals surface area contributed by atoms with Crippen LogP contribution >= 0.6 is 0 Å². The van der Waals surface area contributed by atoms with E-state index in [0.29, 0.717) is 13.0 Å². The molecule has 0 saturated carbocycles. The molecule has 0 aliphatic carbocycles. The summed E-state index contributed by atoms with van der Waals surface area (Å²) in [6.07, 6.45) is 2.99. The smallest absolute Gasteiger partial charge is 0.161 e. The van der Waals surface area contributed by atoms with Gasteiger partial charge in [0.25, 0.3) is 0 Å². The fraction of sp³-hybridized carbons (Fsp3) is 0.533. The van der Waals surface area contributed by atoms with Crippen LogP contribution in [0.2, 0.25) is 0 Å². The number of benzene rings is 1. The maximum atomic E-state index is 11.7. The zero-order valence-electron chi connectivity index (χ0n) is 10.8. The van der Waals surface area contributed by atoms with Crippen LogP contribution in [0.15, 0.2) is 30.3 Å². The third kappa shape index (κ3) is 5.14. The highest BCUT2D eigenvalue weighted by Gasteiger charge is 2.16. The molecule has 0 N–H and O–H groups in total. The predicted molar refractivity (Wildman–Crippen MR) is 70.1 cm³/mol. The Morgan fingerprint density at radius 3 is 2.53 bits per heavy atom. The molecular formula is C15H22O2. The lowest BCUT2D eigenvalue weighted by Crippen LogP contribution is -2.24. The first-order valence-electron chi connectivity index (χ1n) is 6.46. The molecule has 0 saturated heterocycles. The van der Waals surface area contributed by atoms with Gasteiger partial charge in [0, 0.05) is 13.0 Å². The Kier molecular flexibility index (Phi) is 6.56. The first kappa shape index (κ1) is 13.9. The lowest BCUT2D eigenvalue weighted by atomic mass is 10.0. The minimum absolute atomic E-state index is 0.217. The average molecular weight is 234 g/mol. The van der Waals surface area contributed by atoms with E-state index in [4.69, 9.17) is 4.74 Å². The number of hydrogen-bond donors (Lipinski definition) is 0. The molecule has 0 amide bonds. The molecular weight excluding hydrogens is 212 g/mol. The summed E-state index contributed by atoms with van der Waals surface area (Å²) in [4.78, 5) is 11.7. The fourth-order valence-electron chi connectivity index (χ4n) is 1.77. The summed E-state index contributed by atoms with van der Waals surface area (Å²) in [5, 5.41) is 0. The quantitative estimate of drug-likeness (QED) is 0.689. The number of carbonyl (C=O) groups is 1. The van der Waals surface area contributed by atoms with Gasteiger partial charge in [-0.2, -0.15) is 0 Å². The number of ether oxygens (including phenoxy) is 1. The molecule has 1 atom stereocenters. The van der Waals surface area contributed by atoms with Crippen molar-refractivity contribution in [2.75, 3.05) is 6.61 Å². The minimum atomic E-state index is -0.222. The first-order chi connectivity index (χ1) is 8.27. The largest absolute Gasteiger partial charge is 0.370 e. The molecule has 1 unspecified atom stereocenters. The Hall–Kier alpha value is -1.15. The molecule has 94 valence electrons. The van der Waals surface area contributed by atoms with Crippen LogP contribution in [0.5, 0.6) is 0 Å². The summed E-state index contributed by atoms with van der Waals surface area (Å²) in [5.41, 5.74) is 1.27. The number of rotatable bonds is 8. The number of aryl methyl sites for hydroxylation is 1. The summed E-state index contributed by atoms with van der Waals surface area (Å²) in [5.74, 6) is 0.217. The molecule has 0 aliphatic heterocycles. The summed E-state index contributed by atoms with van der Waals surface area (Å²) >= 11 is 0. The van der Waals surface area contributed by atoms with Gasteiger partial charge >= 0.3 is 0 Å². The van der Waals surface area contributed by atoms with Crippen molar-refractivity contribution < 1.29 is 9.53 Å². The van der Waals surface area contributed by atoms with Gasteiger partial charge < -0.3 is 4.74 Å². The van der Waals surface area contributed by atoms with Crippen molar-refractivity contribution in [1.29, 1.82) is 0 Å². The SMILES string of the molecule is CCCOC(CCc1ccccc1)C(=O)CC. The van der Waals surface area contributed by atoms with Crippen molar-refractivity contribution in [1.82, 2.24) is 0 Å². The van der Waals surface area contributed by atoms with Crippen molar-refractivity contribution in [3.63, 3.8) is 0 Å². The molecule has 1 rings (SSSR count). The number of carbonyl (C=O) groups excluding carboxylic acids is 1. The lowest BCUT2D eigenvalue weighted by molar-refractivity contribution is -0.130. The Morgan fingerprint density at radius 2 is 1.94 bits per heavy atom. The van der Waals surface area contributed by atoms with Crippen molar-refractivity contribution in [3.05, 3.63) is 35.9 Å². The van der Waals surface area contributed by atoms with Crippen LogP contribution < -0.4 is 0 Å². The van der Waals surface area contributed by atoms with E-state index in [9.17, 15) is 4.79 Å². The van der Waals surface area contributed by atoms with Crippen molar-refractivity contribution in [3.8, 4) is 0 Å². The third-order valence-corrected chi connectivity index (χ3v) is 2.77. The molecule has 1 aromatic rings. The number of ketones is 1. The zero-order valence-corrected chi connectivity index (χ0v) is 10.8. The van der Waals surface area contributed by atoms with Gasteiger partial charge in [0.05, 0.1) is 0 Å². The number of hydrogen-bond acceptors (Lipinski definition) is 2. The molecule has 2 nitrogen and oxygen atoms in total. The maximum absolute atomic E-state index is 11.7. The van der Waals surface area contributed by atoms with Crippen LogP contribution in [0.1, 0.15) is 38.7 Å². The second kappa shape index (κ2) is 8.02. The van der Waals surface area contributed by atoms with Crippen LogP contribution in [0.4, 0.5) is 0 Å². The van der Waals surface area contributed by atoms with E-state index < -0.39 is 0 Å². The average Bonchev–Trinajstić information content (AvgIpc) is 2.39. The van der Waals surface area contributed by atoms with Crippen molar-refractivity contribution >= 4 is 5.78 Å². The lowest BCUT2D eigenvalue weighted by Gasteiger charge is -2.15. The fourth-order valence-corrected chi connectivity index (χ4v) is 1.77. The van der Waals surface area contributed by atoms with Crippen LogP contribution in [0.3, 0.4) is 0 Å². The summed E-state index contributed by atoms with van der Waals surface area (Å²) in [7, 11) is 0. The molecule has 0 heterocycles. The van der Waals surface area contributed by atoms with E-state index in [1.807, 2.05) is 25.1 Å². The normalized spacial score (nSPS) is 12.4. The standard InChI is InChI=1S/C15H22O2/c1-3-12-17-15(14(16)4-2)11-10-13-8-6-5-7-9-13/h5-9,15H,3-4,10-12H2,1-2H3. The molecule has 0 fully saturated rings. The van der Waals surface area contributed by atoms with Crippen LogP contribution in [-0.2, 0) is 16.0 Å². The van der Waals surface area contributed by atoms with Crippen LogP contribution in [0, 0.1) is 0 Å². The molecule has 0 bridgehead atoms. The zero-order chi connectivity index (χ0) is 12.5. The van der Waals surface area contributed by atoms with Crippen molar-refractivity contribution in [2.45, 2.75) is 45.6 Å². The molecule has 1 aromatic carbocycles. The Balaban J connectivity index is 2.46. The summed E-state index contributed by atoms with van der Waals surface area (Å²) < 4.78 is 5.62. The Morgan fingerprint density at radius 1 is 1.24 bits per heavy atom. The summed E-state index contributed by atoms with van der Waals surface area (Å²) in [6.45, 7) is 4.63. The molecule has 0 spiro atoms. The molecule has 0 aromatic heterocycles. The Labute approximate surface area is 104 Å². The Bertz CT molecular complexity index is 319. The van der Waals surface area contributed by atoms with Gasteiger partial charge in [-0.15, -0.1) is 0 Å². The second-order valence-corrected chi connectivity index (χ2v) is 4.20. The first-order valence-corrected chi connectivity index (χ1v) is 6.46. The monoisotopic (exact) mass is 234 g/mol. The van der Waals surface area contributed by atoms with Gasteiger partial charge in [-0.05, 0) is 24.8 Å². The molecule has 0 aliphatic rings. The molecule has 0 radical (unpaired) electrons. The van der Waals surface area contributed by atoms with E-state index >= 15 is 0 Å². The highest BCUT2D eigenvalue weighted by atomic mass is 16.5. The van der Waals surface area contributed by atoms with E-state index in [-0.39, 0.29) is 11.9 Å². The van der Waals surface area contributed by atoms with Gasteiger partial charge in [-0.3, -0.25) is 4.79 Å². The van der Waals surface area contributed by atoms with Crippen LogP contribution in [-0.4, -0.2) is 18.5 Å².